The molecule has 1 rings (SSSR count). The predicted octanol–water partition coefficient (Wildman–Crippen LogP) is -0.321. The maximum atomic E-state index is 7.47. The summed E-state index contributed by atoms with van der Waals surface area (Å²) in [6.07, 6.45) is 3.52. The van der Waals surface area contributed by atoms with E-state index in [1.165, 1.54) is 6.42 Å². The minimum Gasteiger partial charge on any atom is -0.370 e. The Labute approximate surface area is 71.9 Å². The lowest BCUT2D eigenvalue weighted by Crippen LogP contribution is -2.41. The van der Waals surface area contributed by atoms with Gasteiger partial charge in [0, 0.05) is 13.1 Å². The first kappa shape index (κ1) is 8.83. The minimum atomic E-state index is -0.0498. The van der Waals surface area contributed by atoms with E-state index in [-0.39, 0.29) is 11.9 Å². The Morgan fingerprint density at radius 1 is 1.50 bits per heavy atom. The van der Waals surface area contributed by atoms with Crippen molar-refractivity contribution >= 4 is 11.9 Å². The zero-order chi connectivity index (χ0) is 9.14. The molecule has 0 heterocycles. The zero-order valence-electron chi connectivity index (χ0n) is 7.25. The summed E-state index contributed by atoms with van der Waals surface area (Å²) in [5.41, 5.74) is 10.3. The molecule has 0 aromatic heterocycles. The Morgan fingerprint density at radius 2 is 2.08 bits per heavy atom. The first-order valence-corrected chi connectivity index (χ1v) is 4.02. The quantitative estimate of drug-likeness (QED) is 0.371. The van der Waals surface area contributed by atoms with E-state index in [9.17, 15) is 0 Å². The van der Waals surface area contributed by atoms with Gasteiger partial charge in [0.1, 0.15) is 0 Å². The third-order valence-corrected chi connectivity index (χ3v) is 2.19. The van der Waals surface area contributed by atoms with Gasteiger partial charge in [0.25, 0.3) is 0 Å². The van der Waals surface area contributed by atoms with Crippen LogP contribution in [0.3, 0.4) is 0 Å². The third-order valence-electron chi connectivity index (χ3n) is 2.19. The van der Waals surface area contributed by atoms with Crippen molar-refractivity contribution in [2.75, 3.05) is 7.05 Å². The van der Waals surface area contributed by atoms with E-state index in [1.54, 1.807) is 0 Å². The average Bonchev–Trinajstić information content (AvgIpc) is 1.81. The highest BCUT2D eigenvalue weighted by atomic mass is 15.3. The van der Waals surface area contributed by atoms with Crippen LogP contribution in [0.15, 0.2) is 4.99 Å². The van der Waals surface area contributed by atoms with Crippen LogP contribution < -0.4 is 11.5 Å². The Bertz CT molecular complexity index is 202. The molecule has 0 bridgehead atoms. The van der Waals surface area contributed by atoms with Crippen LogP contribution in [0.5, 0.6) is 0 Å². The molecule has 1 aliphatic rings. The molecule has 0 unspecified atom stereocenters. The standard InChI is InChI=1S/C7H15N5/c1-12(5-3-2-4-5)7(10)11-6(8)9/h5H,2-4H2,1H3,(H5,8,9,10,11). The van der Waals surface area contributed by atoms with Gasteiger partial charge in [-0.1, -0.05) is 0 Å². The van der Waals surface area contributed by atoms with Gasteiger partial charge in [-0.25, -0.2) is 0 Å². The normalized spacial score (nSPS) is 16.4. The second-order valence-corrected chi connectivity index (χ2v) is 3.06. The van der Waals surface area contributed by atoms with Crippen molar-refractivity contribution in [3.05, 3.63) is 0 Å². The van der Waals surface area contributed by atoms with Crippen molar-refractivity contribution in [1.29, 1.82) is 5.41 Å². The second-order valence-electron chi connectivity index (χ2n) is 3.06. The largest absolute Gasteiger partial charge is 0.370 e. The van der Waals surface area contributed by atoms with Gasteiger partial charge in [-0.05, 0) is 19.3 Å². The summed E-state index contributed by atoms with van der Waals surface area (Å²) in [5.74, 6) is 0.103. The molecule has 1 fully saturated rings. The molecule has 0 aromatic carbocycles. The van der Waals surface area contributed by atoms with E-state index >= 15 is 0 Å². The molecule has 5 heteroatoms. The van der Waals surface area contributed by atoms with Crippen molar-refractivity contribution in [3.8, 4) is 0 Å². The monoisotopic (exact) mass is 169 g/mol. The fourth-order valence-electron chi connectivity index (χ4n) is 1.15. The van der Waals surface area contributed by atoms with Crippen molar-refractivity contribution in [2.24, 2.45) is 16.5 Å². The van der Waals surface area contributed by atoms with E-state index in [0.29, 0.717) is 6.04 Å². The fraction of sp³-hybridized carbons (Fsp3) is 0.714. The van der Waals surface area contributed by atoms with Crippen LogP contribution in [-0.4, -0.2) is 29.9 Å². The van der Waals surface area contributed by atoms with Crippen molar-refractivity contribution in [1.82, 2.24) is 4.90 Å². The number of hydrogen-bond acceptors (Lipinski definition) is 1. The summed E-state index contributed by atoms with van der Waals surface area (Å²) in [6.45, 7) is 0. The molecule has 68 valence electrons. The summed E-state index contributed by atoms with van der Waals surface area (Å²) in [5, 5.41) is 7.47. The van der Waals surface area contributed by atoms with E-state index < -0.39 is 0 Å². The highest BCUT2D eigenvalue weighted by Crippen LogP contribution is 2.23. The van der Waals surface area contributed by atoms with Crippen LogP contribution in [-0.2, 0) is 0 Å². The predicted molar refractivity (Wildman–Crippen MR) is 48.9 cm³/mol. The number of hydrogen-bond donors (Lipinski definition) is 3. The molecular formula is C7H15N5. The maximum Gasteiger partial charge on any atom is 0.220 e. The number of aliphatic imine (C=N–C) groups is 1. The topological polar surface area (TPSA) is 91.5 Å². The summed E-state index contributed by atoms with van der Waals surface area (Å²) in [4.78, 5) is 5.47. The Morgan fingerprint density at radius 3 is 2.42 bits per heavy atom. The summed E-state index contributed by atoms with van der Waals surface area (Å²) in [6, 6.07) is 0.459. The molecule has 0 amide bonds. The Balaban J connectivity index is 2.45. The van der Waals surface area contributed by atoms with Gasteiger partial charge in [-0.2, -0.15) is 4.99 Å². The highest BCUT2D eigenvalue weighted by molar-refractivity contribution is 5.91. The second kappa shape index (κ2) is 3.42. The molecule has 12 heavy (non-hydrogen) atoms. The number of nitrogens with one attached hydrogen (secondary N) is 1. The first-order chi connectivity index (χ1) is 5.61. The zero-order valence-corrected chi connectivity index (χ0v) is 7.25. The number of guanidine groups is 2. The molecule has 5 nitrogen and oxygen atoms in total. The molecule has 0 radical (unpaired) electrons. The molecule has 1 aliphatic carbocycles. The molecule has 0 atom stereocenters. The Hall–Kier alpha value is -1.26. The van der Waals surface area contributed by atoms with Gasteiger partial charge in [0.15, 0.2) is 5.96 Å². The minimum absolute atomic E-state index is 0.0498. The van der Waals surface area contributed by atoms with Gasteiger partial charge < -0.3 is 16.4 Å². The molecule has 0 spiro atoms. The van der Waals surface area contributed by atoms with Gasteiger partial charge in [0.05, 0.1) is 0 Å². The van der Waals surface area contributed by atoms with Crippen LogP contribution in [0.1, 0.15) is 19.3 Å². The lowest BCUT2D eigenvalue weighted by atomic mass is 9.92. The lowest BCUT2D eigenvalue weighted by molar-refractivity contribution is 0.238. The van der Waals surface area contributed by atoms with Crippen LogP contribution in [0.4, 0.5) is 0 Å². The van der Waals surface area contributed by atoms with Gasteiger partial charge in [-0.15, -0.1) is 0 Å². The van der Waals surface area contributed by atoms with E-state index in [1.807, 2.05) is 11.9 Å². The third kappa shape index (κ3) is 1.87. The highest BCUT2D eigenvalue weighted by Gasteiger charge is 2.23. The first-order valence-electron chi connectivity index (χ1n) is 4.02. The molecular weight excluding hydrogens is 154 g/mol. The van der Waals surface area contributed by atoms with Crippen LogP contribution >= 0.6 is 0 Å². The number of nitrogens with two attached hydrogens (primary N) is 2. The molecule has 0 aromatic rings. The Kier molecular flexibility index (Phi) is 2.52. The fourth-order valence-corrected chi connectivity index (χ4v) is 1.15. The number of nitrogens with zero attached hydrogens (tertiary/aromatic N) is 2. The SMILES string of the molecule is CN(C(=N)N=C(N)N)C1CCC1. The van der Waals surface area contributed by atoms with Crippen LogP contribution in [0.25, 0.3) is 0 Å². The lowest BCUT2D eigenvalue weighted by Gasteiger charge is -2.34. The van der Waals surface area contributed by atoms with E-state index in [2.05, 4.69) is 4.99 Å². The smallest absolute Gasteiger partial charge is 0.220 e. The van der Waals surface area contributed by atoms with Gasteiger partial charge in [0.2, 0.25) is 5.96 Å². The van der Waals surface area contributed by atoms with Crippen LogP contribution in [0.2, 0.25) is 0 Å². The van der Waals surface area contributed by atoms with Gasteiger partial charge >= 0.3 is 0 Å². The number of rotatable bonds is 1. The summed E-state index contributed by atoms with van der Waals surface area (Å²) < 4.78 is 0. The summed E-state index contributed by atoms with van der Waals surface area (Å²) >= 11 is 0. The van der Waals surface area contributed by atoms with Crippen molar-refractivity contribution < 1.29 is 0 Å². The molecule has 0 saturated heterocycles. The average molecular weight is 169 g/mol. The van der Waals surface area contributed by atoms with E-state index in [4.69, 9.17) is 16.9 Å². The maximum absolute atomic E-state index is 7.47. The molecule has 0 aliphatic heterocycles. The van der Waals surface area contributed by atoms with Gasteiger partial charge in [-0.3, -0.25) is 5.41 Å². The van der Waals surface area contributed by atoms with Crippen LogP contribution in [0, 0.1) is 5.41 Å². The molecule has 1 saturated carbocycles. The van der Waals surface area contributed by atoms with Crippen molar-refractivity contribution in [2.45, 2.75) is 25.3 Å². The molecule has 5 N–H and O–H groups in total. The van der Waals surface area contributed by atoms with E-state index in [0.717, 1.165) is 12.8 Å². The summed E-state index contributed by atoms with van der Waals surface area (Å²) in [7, 11) is 1.85. The van der Waals surface area contributed by atoms with Crippen molar-refractivity contribution in [3.63, 3.8) is 0 Å².